The van der Waals surface area contributed by atoms with E-state index in [1.165, 1.54) is 0 Å². The van der Waals surface area contributed by atoms with Crippen LogP contribution >= 0.6 is 0 Å². The molecule has 0 spiro atoms. The summed E-state index contributed by atoms with van der Waals surface area (Å²) < 4.78 is 5.27. The Labute approximate surface area is 192 Å². The highest BCUT2D eigenvalue weighted by Crippen LogP contribution is 2.14. The number of rotatable bonds is 12. The van der Waals surface area contributed by atoms with E-state index in [0.29, 0.717) is 12.0 Å². The number of ether oxygens (including phenoxy) is 1. The second-order valence-corrected chi connectivity index (χ2v) is 9.44. The number of allylic oxidation sites excluding steroid dienone is 3. The number of aliphatic hydroxyl groups excluding tert-OH is 1. The first-order valence-corrected chi connectivity index (χ1v) is 10.9. The van der Waals surface area contributed by atoms with E-state index in [1.807, 2.05) is 27.7 Å². The number of nitrogens with one attached hydrogen (secondary N) is 3. The first-order valence-electron chi connectivity index (χ1n) is 10.9. The van der Waals surface area contributed by atoms with E-state index in [1.54, 1.807) is 39.0 Å². The van der Waals surface area contributed by atoms with E-state index < -0.39 is 35.8 Å². The summed E-state index contributed by atoms with van der Waals surface area (Å²) in [6.07, 6.45) is 2.87. The van der Waals surface area contributed by atoms with E-state index >= 15 is 0 Å². The molecule has 0 rings (SSSR count). The van der Waals surface area contributed by atoms with Crippen molar-refractivity contribution >= 4 is 17.9 Å². The van der Waals surface area contributed by atoms with Crippen molar-refractivity contribution < 1.29 is 24.2 Å². The fraction of sp³-hybridized carbons (Fsp3) is 0.625. The molecule has 0 aromatic rings. The summed E-state index contributed by atoms with van der Waals surface area (Å²) in [5, 5.41) is 18.7. The molecule has 0 bridgehead atoms. The van der Waals surface area contributed by atoms with Gasteiger partial charge in [0, 0.05) is 6.04 Å². The highest BCUT2D eigenvalue weighted by Gasteiger charge is 2.32. The van der Waals surface area contributed by atoms with Crippen LogP contribution in [0.1, 0.15) is 61.3 Å². The molecule has 0 fully saturated rings. The first-order chi connectivity index (χ1) is 14.7. The number of aliphatic hydroxyl groups is 1. The number of amides is 3. The van der Waals surface area contributed by atoms with Gasteiger partial charge in [-0.05, 0) is 59.0 Å². The third kappa shape index (κ3) is 12.3. The Morgan fingerprint density at radius 3 is 2.03 bits per heavy atom. The average Bonchev–Trinajstić information content (AvgIpc) is 2.63. The summed E-state index contributed by atoms with van der Waals surface area (Å²) in [4.78, 5) is 37.7. The molecule has 0 saturated carbocycles. The molecule has 0 aliphatic rings. The molecule has 32 heavy (non-hydrogen) atoms. The van der Waals surface area contributed by atoms with Crippen LogP contribution in [0.2, 0.25) is 0 Å². The second-order valence-electron chi connectivity index (χ2n) is 9.44. The third-order valence-electron chi connectivity index (χ3n) is 4.17. The molecule has 3 atom stereocenters. The van der Waals surface area contributed by atoms with Gasteiger partial charge in [-0.3, -0.25) is 9.59 Å². The zero-order chi connectivity index (χ0) is 25.1. The van der Waals surface area contributed by atoms with Gasteiger partial charge in [-0.15, -0.1) is 0 Å². The molecule has 8 heteroatoms. The van der Waals surface area contributed by atoms with Crippen LogP contribution in [0.4, 0.5) is 4.79 Å². The Morgan fingerprint density at radius 2 is 1.59 bits per heavy atom. The van der Waals surface area contributed by atoms with Crippen molar-refractivity contribution in [3.63, 3.8) is 0 Å². The maximum Gasteiger partial charge on any atom is 0.407 e. The molecule has 4 N–H and O–H groups in total. The van der Waals surface area contributed by atoms with Crippen molar-refractivity contribution in [1.29, 1.82) is 0 Å². The standard InChI is InChI=1S/C24H41N3O5/c1-10-12-17(11-2)14-18(27-23(31)32-24(7,8)9)20(28)22(30)26-19(13-15(3)4)21(29)25-16(5)6/h10-12,15-16,18-20,28H,1-2,13-14H2,3-9H3,(H,25,29)(H,26,30)(H,27,31)/b17-12+. The summed E-state index contributed by atoms with van der Waals surface area (Å²) in [5.41, 5.74) is -0.0960. The summed E-state index contributed by atoms with van der Waals surface area (Å²) in [7, 11) is 0. The van der Waals surface area contributed by atoms with Crippen molar-refractivity contribution in [2.24, 2.45) is 5.92 Å². The molecule has 0 aromatic heterocycles. The van der Waals surface area contributed by atoms with E-state index in [2.05, 4.69) is 29.1 Å². The summed E-state index contributed by atoms with van der Waals surface area (Å²) in [6, 6.07) is -1.93. The average molecular weight is 452 g/mol. The van der Waals surface area contributed by atoms with Gasteiger partial charge in [0.15, 0.2) is 6.10 Å². The minimum Gasteiger partial charge on any atom is -0.444 e. The molecule has 3 amide bonds. The van der Waals surface area contributed by atoms with Crippen molar-refractivity contribution in [1.82, 2.24) is 16.0 Å². The van der Waals surface area contributed by atoms with E-state index in [-0.39, 0.29) is 24.3 Å². The predicted octanol–water partition coefficient (Wildman–Crippen LogP) is 2.98. The lowest BCUT2D eigenvalue weighted by molar-refractivity contribution is -0.135. The second kappa shape index (κ2) is 13.7. The Morgan fingerprint density at radius 1 is 1.00 bits per heavy atom. The molecular formula is C24H41N3O5. The van der Waals surface area contributed by atoms with Crippen molar-refractivity contribution in [2.45, 2.75) is 91.1 Å². The van der Waals surface area contributed by atoms with Gasteiger partial charge in [0.25, 0.3) is 5.91 Å². The van der Waals surface area contributed by atoms with Crippen LogP contribution in [0.15, 0.2) is 37.0 Å². The van der Waals surface area contributed by atoms with Crippen LogP contribution in [0, 0.1) is 5.92 Å². The number of carbonyl (C=O) groups is 3. The largest absolute Gasteiger partial charge is 0.444 e. The molecule has 0 saturated heterocycles. The Kier molecular flexibility index (Phi) is 12.6. The molecule has 0 aromatic carbocycles. The Bertz CT molecular complexity index is 692. The quantitative estimate of drug-likeness (QED) is 0.340. The summed E-state index contributed by atoms with van der Waals surface area (Å²) in [5.74, 6) is -0.962. The van der Waals surface area contributed by atoms with Gasteiger partial charge in [-0.1, -0.05) is 45.2 Å². The maximum absolute atomic E-state index is 12.9. The number of alkyl carbamates (subject to hydrolysis) is 1. The summed E-state index contributed by atoms with van der Waals surface area (Å²) in [6.45, 7) is 20.0. The van der Waals surface area contributed by atoms with E-state index in [4.69, 9.17) is 4.74 Å². The minimum absolute atomic E-state index is 0.0974. The molecular weight excluding hydrogens is 410 g/mol. The van der Waals surface area contributed by atoms with Crippen LogP contribution in [-0.4, -0.2) is 52.8 Å². The fourth-order valence-corrected chi connectivity index (χ4v) is 2.85. The first kappa shape index (κ1) is 29.4. The van der Waals surface area contributed by atoms with Crippen molar-refractivity contribution in [2.75, 3.05) is 0 Å². The van der Waals surface area contributed by atoms with Crippen molar-refractivity contribution in [3.8, 4) is 0 Å². The van der Waals surface area contributed by atoms with Crippen LogP contribution in [0.5, 0.6) is 0 Å². The van der Waals surface area contributed by atoms with Gasteiger partial charge in [-0.25, -0.2) is 4.79 Å². The van der Waals surface area contributed by atoms with Gasteiger partial charge in [0.2, 0.25) is 5.91 Å². The molecule has 0 aliphatic heterocycles. The summed E-state index contributed by atoms with van der Waals surface area (Å²) >= 11 is 0. The van der Waals surface area contributed by atoms with Gasteiger partial charge >= 0.3 is 6.09 Å². The van der Waals surface area contributed by atoms with Crippen LogP contribution in [0.25, 0.3) is 0 Å². The number of hydrogen-bond acceptors (Lipinski definition) is 5. The molecule has 182 valence electrons. The molecule has 0 radical (unpaired) electrons. The third-order valence-corrected chi connectivity index (χ3v) is 4.17. The van der Waals surface area contributed by atoms with E-state index in [9.17, 15) is 19.5 Å². The van der Waals surface area contributed by atoms with Crippen LogP contribution in [0.3, 0.4) is 0 Å². The number of carbonyl (C=O) groups excluding carboxylic acids is 3. The Hall–Kier alpha value is -2.61. The Balaban J connectivity index is 5.64. The predicted molar refractivity (Wildman–Crippen MR) is 127 cm³/mol. The van der Waals surface area contributed by atoms with Crippen LogP contribution < -0.4 is 16.0 Å². The fourth-order valence-electron chi connectivity index (χ4n) is 2.85. The van der Waals surface area contributed by atoms with Crippen LogP contribution in [-0.2, 0) is 14.3 Å². The van der Waals surface area contributed by atoms with Gasteiger partial charge < -0.3 is 25.8 Å². The topological polar surface area (TPSA) is 117 Å². The smallest absolute Gasteiger partial charge is 0.407 e. The maximum atomic E-state index is 12.9. The van der Waals surface area contributed by atoms with E-state index in [0.717, 1.165) is 0 Å². The van der Waals surface area contributed by atoms with Crippen molar-refractivity contribution in [3.05, 3.63) is 37.0 Å². The lowest BCUT2D eigenvalue weighted by atomic mass is 9.98. The molecule has 0 heterocycles. The molecule has 3 unspecified atom stereocenters. The van der Waals surface area contributed by atoms with Gasteiger partial charge in [0.1, 0.15) is 11.6 Å². The van der Waals surface area contributed by atoms with Gasteiger partial charge in [0.05, 0.1) is 6.04 Å². The highest BCUT2D eigenvalue weighted by molar-refractivity contribution is 5.90. The monoisotopic (exact) mass is 451 g/mol. The number of hydrogen-bond donors (Lipinski definition) is 4. The SMILES string of the molecule is C=C/C=C(\C=C)CC(NC(=O)OC(C)(C)C)C(O)C(=O)NC(CC(C)C)C(=O)NC(C)C. The highest BCUT2D eigenvalue weighted by atomic mass is 16.6. The molecule has 8 nitrogen and oxygen atoms in total. The zero-order valence-corrected chi connectivity index (χ0v) is 20.5. The lowest BCUT2D eigenvalue weighted by Gasteiger charge is -2.28. The zero-order valence-electron chi connectivity index (χ0n) is 20.5. The molecule has 0 aliphatic carbocycles. The van der Waals surface area contributed by atoms with Gasteiger partial charge in [-0.2, -0.15) is 0 Å². The minimum atomic E-state index is -1.63. The lowest BCUT2D eigenvalue weighted by Crippen LogP contribution is -2.56. The normalized spacial score (nSPS) is 14.9.